The summed E-state index contributed by atoms with van der Waals surface area (Å²) >= 11 is 0. The molecule has 0 heterocycles. The molecule has 0 radical (unpaired) electrons. The molecule has 0 aliphatic carbocycles. The van der Waals surface area contributed by atoms with Gasteiger partial charge in [0, 0.05) is 12.2 Å². The number of hydrogen-bond acceptors (Lipinski definition) is 3. The molecule has 20 heavy (non-hydrogen) atoms. The predicted octanol–water partition coefficient (Wildman–Crippen LogP) is 3.73. The number of rotatable bonds is 7. The molecule has 106 valence electrons. The number of hydrazine groups is 1. The zero-order valence-electron chi connectivity index (χ0n) is 11.5. The average Bonchev–Trinajstić information content (AvgIpc) is 2.47. The lowest BCUT2D eigenvalue weighted by atomic mass is 10.2. The summed E-state index contributed by atoms with van der Waals surface area (Å²) in [7, 11) is 0. The van der Waals surface area contributed by atoms with Gasteiger partial charge < -0.3 is 10.2 Å². The topological polar surface area (TPSA) is 33.3 Å². The van der Waals surface area contributed by atoms with Crippen molar-refractivity contribution in [2.24, 2.45) is 0 Å². The van der Waals surface area contributed by atoms with E-state index >= 15 is 0 Å². The maximum absolute atomic E-state index is 13.8. The minimum atomic E-state index is -0.322. The largest absolute Gasteiger partial charge is 0.491 e. The van der Waals surface area contributed by atoms with E-state index in [0.29, 0.717) is 18.9 Å². The number of ether oxygens (including phenoxy) is 1. The number of anilines is 1. The number of para-hydroxylation sites is 1. The molecule has 0 spiro atoms. The van der Waals surface area contributed by atoms with Crippen molar-refractivity contribution in [2.75, 3.05) is 12.0 Å². The van der Waals surface area contributed by atoms with Gasteiger partial charge in [-0.05, 0) is 36.2 Å². The SMILES string of the molecule is CCCOc1ccc(CNNc2ccccc2)cc1F. The Morgan fingerprint density at radius 3 is 2.60 bits per heavy atom. The standard InChI is InChI=1S/C16H19FN2O/c1-2-10-20-16-9-8-13(11-15(16)17)12-18-19-14-6-4-3-5-7-14/h3-9,11,18-19H,2,10,12H2,1H3. The Morgan fingerprint density at radius 2 is 1.90 bits per heavy atom. The van der Waals surface area contributed by atoms with Gasteiger partial charge >= 0.3 is 0 Å². The molecule has 0 aliphatic heterocycles. The Balaban J connectivity index is 1.85. The van der Waals surface area contributed by atoms with Crippen molar-refractivity contribution in [3.63, 3.8) is 0 Å². The molecule has 0 atom stereocenters. The molecule has 0 fully saturated rings. The van der Waals surface area contributed by atoms with Crippen molar-refractivity contribution >= 4 is 5.69 Å². The van der Waals surface area contributed by atoms with Crippen molar-refractivity contribution in [1.29, 1.82) is 0 Å². The van der Waals surface area contributed by atoms with E-state index in [-0.39, 0.29) is 5.82 Å². The van der Waals surface area contributed by atoms with Gasteiger partial charge in [-0.3, -0.25) is 0 Å². The molecule has 0 unspecified atom stereocenters. The van der Waals surface area contributed by atoms with E-state index in [2.05, 4.69) is 10.9 Å². The van der Waals surface area contributed by atoms with E-state index in [4.69, 9.17) is 4.74 Å². The van der Waals surface area contributed by atoms with E-state index in [1.807, 2.05) is 43.3 Å². The lowest BCUT2D eigenvalue weighted by molar-refractivity contribution is 0.301. The van der Waals surface area contributed by atoms with Crippen LogP contribution in [0.2, 0.25) is 0 Å². The minimum Gasteiger partial charge on any atom is -0.491 e. The quantitative estimate of drug-likeness (QED) is 0.755. The molecule has 2 rings (SSSR count). The molecule has 2 aromatic carbocycles. The monoisotopic (exact) mass is 274 g/mol. The number of hydrogen-bond donors (Lipinski definition) is 2. The zero-order valence-corrected chi connectivity index (χ0v) is 11.5. The van der Waals surface area contributed by atoms with Crippen LogP contribution in [0, 0.1) is 5.82 Å². The Labute approximate surface area is 118 Å². The highest BCUT2D eigenvalue weighted by molar-refractivity contribution is 5.41. The summed E-state index contributed by atoms with van der Waals surface area (Å²) in [4.78, 5) is 0. The van der Waals surface area contributed by atoms with E-state index in [9.17, 15) is 4.39 Å². The summed E-state index contributed by atoms with van der Waals surface area (Å²) in [6, 6.07) is 14.8. The molecule has 0 amide bonds. The third kappa shape index (κ3) is 4.24. The molecule has 2 N–H and O–H groups in total. The zero-order chi connectivity index (χ0) is 14.2. The fourth-order valence-electron chi connectivity index (χ4n) is 1.75. The number of benzene rings is 2. The molecule has 2 aromatic rings. The number of halogens is 1. The van der Waals surface area contributed by atoms with Gasteiger partial charge in [-0.1, -0.05) is 31.2 Å². The van der Waals surface area contributed by atoms with Gasteiger partial charge in [0.15, 0.2) is 11.6 Å². The Hall–Kier alpha value is -2.07. The smallest absolute Gasteiger partial charge is 0.165 e. The van der Waals surface area contributed by atoms with Crippen molar-refractivity contribution < 1.29 is 9.13 Å². The summed E-state index contributed by atoms with van der Waals surface area (Å²) in [5.74, 6) is -0.0101. The molecule has 3 nitrogen and oxygen atoms in total. The van der Waals surface area contributed by atoms with Crippen LogP contribution in [0.4, 0.5) is 10.1 Å². The van der Waals surface area contributed by atoms with Crippen LogP contribution >= 0.6 is 0 Å². The molecular weight excluding hydrogens is 255 g/mol. The Bertz CT molecular complexity index is 531. The van der Waals surface area contributed by atoms with Crippen LogP contribution in [-0.2, 0) is 6.54 Å². The first-order chi connectivity index (χ1) is 9.79. The summed E-state index contributed by atoms with van der Waals surface area (Å²) in [6.45, 7) is 3.05. The Morgan fingerprint density at radius 1 is 1.10 bits per heavy atom. The molecule has 4 heteroatoms. The van der Waals surface area contributed by atoms with Crippen LogP contribution in [0.25, 0.3) is 0 Å². The minimum absolute atomic E-state index is 0.312. The van der Waals surface area contributed by atoms with Gasteiger partial charge in [0.1, 0.15) is 0 Å². The van der Waals surface area contributed by atoms with Crippen LogP contribution in [0.1, 0.15) is 18.9 Å². The van der Waals surface area contributed by atoms with E-state index in [1.54, 1.807) is 6.07 Å². The van der Waals surface area contributed by atoms with Gasteiger partial charge in [0.2, 0.25) is 0 Å². The third-order valence-electron chi connectivity index (χ3n) is 2.76. The van der Waals surface area contributed by atoms with Crippen LogP contribution in [0.3, 0.4) is 0 Å². The lowest BCUT2D eigenvalue weighted by Crippen LogP contribution is -2.20. The van der Waals surface area contributed by atoms with E-state index in [1.165, 1.54) is 6.07 Å². The first-order valence-electron chi connectivity index (χ1n) is 6.74. The summed E-state index contributed by atoms with van der Waals surface area (Å²) in [6.07, 6.45) is 0.865. The maximum atomic E-state index is 13.8. The first kappa shape index (κ1) is 14.3. The highest BCUT2D eigenvalue weighted by Gasteiger charge is 2.04. The van der Waals surface area contributed by atoms with E-state index < -0.39 is 0 Å². The van der Waals surface area contributed by atoms with Crippen LogP contribution < -0.4 is 15.6 Å². The average molecular weight is 274 g/mol. The van der Waals surface area contributed by atoms with Gasteiger partial charge in [-0.25, -0.2) is 9.82 Å². The molecule has 0 saturated heterocycles. The number of nitrogens with one attached hydrogen (secondary N) is 2. The second-order valence-corrected chi connectivity index (χ2v) is 4.46. The summed E-state index contributed by atoms with van der Waals surface area (Å²) in [5, 5.41) is 0. The van der Waals surface area contributed by atoms with Gasteiger partial charge in [0.05, 0.1) is 6.61 Å². The summed E-state index contributed by atoms with van der Waals surface area (Å²) in [5.41, 5.74) is 7.93. The van der Waals surface area contributed by atoms with Crippen molar-refractivity contribution in [3.05, 3.63) is 59.9 Å². The molecule has 0 bridgehead atoms. The predicted molar refractivity (Wildman–Crippen MR) is 79.1 cm³/mol. The highest BCUT2D eigenvalue weighted by Crippen LogP contribution is 2.18. The van der Waals surface area contributed by atoms with Crippen molar-refractivity contribution in [3.8, 4) is 5.75 Å². The molecular formula is C16H19FN2O. The highest BCUT2D eigenvalue weighted by atomic mass is 19.1. The van der Waals surface area contributed by atoms with E-state index in [0.717, 1.165) is 17.7 Å². The van der Waals surface area contributed by atoms with Gasteiger partial charge in [-0.2, -0.15) is 0 Å². The van der Waals surface area contributed by atoms with Gasteiger partial charge in [0.25, 0.3) is 0 Å². The fraction of sp³-hybridized carbons (Fsp3) is 0.250. The molecule has 0 aliphatic rings. The normalized spacial score (nSPS) is 10.3. The Kier molecular flexibility index (Phi) is 5.38. The first-order valence-corrected chi connectivity index (χ1v) is 6.74. The second-order valence-electron chi connectivity index (χ2n) is 4.46. The van der Waals surface area contributed by atoms with Crippen LogP contribution in [-0.4, -0.2) is 6.61 Å². The van der Waals surface area contributed by atoms with Crippen LogP contribution in [0.5, 0.6) is 5.75 Å². The molecule has 0 saturated carbocycles. The summed E-state index contributed by atoms with van der Waals surface area (Å²) < 4.78 is 19.1. The third-order valence-corrected chi connectivity index (χ3v) is 2.76. The van der Waals surface area contributed by atoms with Crippen LogP contribution in [0.15, 0.2) is 48.5 Å². The van der Waals surface area contributed by atoms with Gasteiger partial charge in [-0.15, -0.1) is 0 Å². The van der Waals surface area contributed by atoms with Crippen molar-refractivity contribution in [2.45, 2.75) is 19.9 Å². The second kappa shape index (κ2) is 7.50. The lowest BCUT2D eigenvalue weighted by Gasteiger charge is -2.10. The van der Waals surface area contributed by atoms with Crippen molar-refractivity contribution in [1.82, 2.24) is 5.43 Å². The molecule has 0 aromatic heterocycles. The fourth-order valence-corrected chi connectivity index (χ4v) is 1.75. The maximum Gasteiger partial charge on any atom is 0.165 e.